The zero-order chi connectivity index (χ0) is 63.1. The Morgan fingerprint density at radius 3 is 2.28 bits per heavy atom. The van der Waals surface area contributed by atoms with Gasteiger partial charge < -0.3 is 61.1 Å². The van der Waals surface area contributed by atoms with Gasteiger partial charge in [-0.15, -0.1) is 0 Å². The van der Waals surface area contributed by atoms with Crippen molar-refractivity contribution in [2.24, 2.45) is 23.5 Å². The third kappa shape index (κ3) is 18.9. The van der Waals surface area contributed by atoms with Gasteiger partial charge in [0.1, 0.15) is 41.2 Å². The summed E-state index contributed by atoms with van der Waals surface area (Å²) in [5, 5.41) is 38.2. The molecule has 1 fully saturated rings. The number of carbonyl (C=O) groups is 9. The predicted octanol–water partition coefficient (Wildman–Crippen LogP) is 5.73. The average Bonchev–Trinajstić information content (AvgIpc) is 3.94. The van der Waals surface area contributed by atoms with Gasteiger partial charge in [-0.3, -0.25) is 44.3 Å². The van der Waals surface area contributed by atoms with Crippen molar-refractivity contribution < 1.29 is 85.5 Å². The SMILES string of the molecule is COc1cc2cc(c1Cl)N(C)C(=O)C[C@H](OC(=O)Nc1ccc(NC(=O)[C@H](CCCNC(N)=O)NC(=O)[C@@H](NC(=O)CCCCCN3C(=O)C=CC3=O)C(C)C)cc1C(F)(F)F)[C@@H](C)[C@@H](O)[C@H](C)[C@@H]1C[C@@](O)(NC(=O)O1)[C@H](OC)/C=C/C=C(\C)C2. The zero-order valence-corrected chi connectivity index (χ0v) is 49.2. The molecule has 0 aromatic heterocycles. The van der Waals surface area contributed by atoms with Gasteiger partial charge in [-0.1, -0.05) is 69.5 Å². The number of nitrogens with zero attached hydrogens (tertiary/aromatic N) is 2. The number of hydrogen-bond donors (Lipinski definition) is 9. The fraction of sp³-hybridized carbons (Fsp3) is 0.526. The molecule has 10 N–H and O–H groups in total. The Labute approximate surface area is 494 Å². The third-order valence-electron chi connectivity index (χ3n) is 14.8. The molecule has 3 aliphatic rings. The standard InChI is InChI=1S/C57H75ClF3N9O15/c1-30(2)49(67-44(71)17-10-9-11-23-70-45(72)20-21-46(70)73)52(77)65-38(15-13-22-63-53(62)78)51(76)64-35-18-19-37(36(27-35)57(59,60)61)66-54(79)84-40-28-47(74)69(6)39-25-34(26-41(82-7)48(39)58)24-31(3)14-12-16-43(83-8)56(81)29-42(85-55(80)68-56)33(5)50(75)32(40)4/h12,14,16,18-21,25-27,30,32-33,38,40,42-43,49-50,75,81H,9-11,13,15,17,22-24,28-29H2,1-8H3,(H,64,76)(H,65,77)(H,66,79)(H,67,71)(H,68,80)(H3,62,63,78)/b16-12+,31-14+/t32-,33-,38+,40+,42+,43-,49+,50-,56+/m1/s1. The smallest absolute Gasteiger partial charge is 0.418 e. The number of anilines is 3. The number of imide groups is 1. The molecule has 24 nitrogen and oxygen atoms in total. The second-order valence-corrected chi connectivity index (χ2v) is 21.9. The van der Waals surface area contributed by atoms with Gasteiger partial charge in [-0.2, -0.15) is 13.2 Å². The molecule has 0 spiro atoms. The third-order valence-corrected chi connectivity index (χ3v) is 15.1. The van der Waals surface area contributed by atoms with E-state index in [0.29, 0.717) is 37.3 Å². The molecular formula is C57H75ClF3N9O15. The minimum Gasteiger partial charge on any atom is -0.495 e. The van der Waals surface area contributed by atoms with E-state index >= 15 is 0 Å². The largest absolute Gasteiger partial charge is 0.495 e. The van der Waals surface area contributed by atoms with Crippen LogP contribution >= 0.6 is 11.6 Å². The van der Waals surface area contributed by atoms with E-state index < -0.39 is 143 Å². The Balaban J connectivity index is 1.38. The van der Waals surface area contributed by atoms with E-state index in [0.717, 1.165) is 27.5 Å². The molecule has 1 saturated heterocycles. The minimum absolute atomic E-state index is 0.0254. The number of aliphatic hydroxyl groups is 2. The number of hydrogen-bond acceptors (Lipinski definition) is 15. The number of alkyl halides is 3. The summed E-state index contributed by atoms with van der Waals surface area (Å²) < 4.78 is 67.4. The number of amides is 10. The molecule has 0 saturated carbocycles. The van der Waals surface area contributed by atoms with Crippen molar-refractivity contribution in [1.29, 1.82) is 0 Å². The monoisotopic (exact) mass is 1220 g/mol. The van der Waals surface area contributed by atoms with Crippen molar-refractivity contribution >= 4 is 82.3 Å². The van der Waals surface area contributed by atoms with Crippen LogP contribution in [0.2, 0.25) is 5.02 Å². The van der Waals surface area contributed by atoms with Crippen LogP contribution in [0.25, 0.3) is 0 Å². The van der Waals surface area contributed by atoms with Crippen LogP contribution in [0.4, 0.5) is 44.6 Å². The zero-order valence-electron chi connectivity index (χ0n) is 48.4. The van der Waals surface area contributed by atoms with Gasteiger partial charge in [-0.05, 0) is 80.8 Å². The number of rotatable bonds is 20. The maximum absolute atomic E-state index is 15.0. The summed E-state index contributed by atoms with van der Waals surface area (Å²) >= 11 is 6.75. The van der Waals surface area contributed by atoms with Crippen LogP contribution in [0.5, 0.6) is 5.75 Å². The van der Waals surface area contributed by atoms with Crippen LogP contribution in [0.1, 0.15) is 97.1 Å². The highest BCUT2D eigenvalue weighted by Gasteiger charge is 2.49. The summed E-state index contributed by atoms with van der Waals surface area (Å²) in [6.07, 6.45) is -5.79. The Hall–Kier alpha value is -7.75. The van der Waals surface area contributed by atoms with Crippen molar-refractivity contribution in [2.75, 3.05) is 49.9 Å². The van der Waals surface area contributed by atoms with Gasteiger partial charge >= 0.3 is 24.4 Å². The van der Waals surface area contributed by atoms with Crippen LogP contribution in [0, 0.1) is 17.8 Å². The first-order valence-corrected chi connectivity index (χ1v) is 27.9. The van der Waals surface area contributed by atoms with E-state index in [1.807, 2.05) is 6.92 Å². The van der Waals surface area contributed by atoms with E-state index in [1.54, 1.807) is 38.1 Å². The van der Waals surface area contributed by atoms with Crippen LogP contribution in [0.15, 0.2) is 66.3 Å². The molecule has 2 aromatic rings. The van der Waals surface area contributed by atoms with Gasteiger partial charge in [0.15, 0.2) is 5.72 Å². The summed E-state index contributed by atoms with van der Waals surface area (Å²) in [5.74, 6) is -6.56. The first-order chi connectivity index (χ1) is 40.0. The summed E-state index contributed by atoms with van der Waals surface area (Å²) in [5.41, 5.74) is 1.92. The van der Waals surface area contributed by atoms with E-state index in [-0.39, 0.29) is 55.2 Å². The Bertz CT molecular complexity index is 2890. The molecule has 2 aromatic carbocycles. The van der Waals surface area contributed by atoms with E-state index in [9.17, 15) is 66.5 Å². The summed E-state index contributed by atoms with van der Waals surface area (Å²) in [6, 6.07) is 2.11. The number of alkyl carbamates (subject to hydrolysis) is 1. The van der Waals surface area contributed by atoms with Crippen LogP contribution < -0.4 is 47.3 Å². The number of nitrogens with two attached hydrogens (primary N) is 1. The number of unbranched alkanes of at least 4 members (excludes halogenated alkanes) is 2. The molecule has 3 heterocycles. The van der Waals surface area contributed by atoms with Crippen molar-refractivity contribution in [3.63, 3.8) is 0 Å². The summed E-state index contributed by atoms with van der Waals surface area (Å²) in [4.78, 5) is 119. The quantitative estimate of drug-likeness (QED) is 0.0565. The van der Waals surface area contributed by atoms with Gasteiger partial charge in [-0.25, -0.2) is 14.4 Å². The Morgan fingerprint density at radius 2 is 1.65 bits per heavy atom. The van der Waals surface area contributed by atoms with Gasteiger partial charge in [0.2, 0.25) is 23.6 Å². The minimum atomic E-state index is -5.21. The van der Waals surface area contributed by atoms with Crippen molar-refractivity contribution in [3.8, 4) is 5.75 Å². The predicted molar refractivity (Wildman–Crippen MR) is 305 cm³/mol. The lowest BCUT2D eigenvalue weighted by Crippen LogP contribution is -2.64. The first kappa shape index (κ1) is 68.0. The van der Waals surface area contributed by atoms with Crippen molar-refractivity contribution in [1.82, 2.24) is 26.2 Å². The number of nitrogens with one attached hydrogen (secondary N) is 6. The van der Waals surface area contributed by atoms with Crippen molar-refractivity contribution in [2.45, 2.75) is 141 Å². The van der Waals surface area contributed by atoms with Gasteiger partial charge in [0.25, 0.3) is 11.8 Å². The molecule has 10 amide bonds. The molecule has 4 bridgehead atoms. The second-order valence-electron chi connectivity index (χ2n) is 21.5. The number of allylic oxidation sites excluding steroid dienone is 3. The van der Waals surface area contributed by atoms with E-state index in [2.05, 4.69) is 31.9 Å². The van der Waals surface area contributed by atoms with Gasteiger partial charge in [0.05, 0.1) is 36.6 Å². The lowest BCUT2D eigenvalue weighted by molar-refractivity contribution is -0.152. The van der Waals surface area contributed by atoms with E-state index in [1.165, 1.54) is 53.3 Å². The number of urea groups is 1. The lowest BCUT2D eigenvalue weighted by atomic mass is 9.81. The fourth-order valence-corrected chi connectivity index (χ4v) is 10.2. The van der Waals surface area contributed by atoms with Crippen LogP contribution in [-0.4, -0.2) is 145 Å². The Kier molecular flexibility index (Phi) is 24.3. The molecule has 0 radical (unpaired) electrons. The highest BCUT2D eigenvalue weighted by molar-refractivity contribution is 6.35. The Morgan fingerprint density at radius 1 is 0.953 bits per heavy atom. The molecule has 5 rings (SSSR count). The highest BCUT2D eigenvalue weighted by Crippen LogP contribution is 2.40. The normalized spacial score (nSPS) is 23.8. The maximum Gasteiger partial charge on any atom is 0.418 e. The fourth-order valence-electron chi connectivity index (χ4n) is 9.87. The lowest BCUT2D eigenvalue weighted by Gasteiger charge is -2.43. The molecule has 0 aliphatic carbocycles. The van der Waals surface area contributed by atoms with Gasteiger partial charge in [0, 0.05) is 69.8 Å². The number of halogens is 4. The molecule has 466 valence electrons. The maximum atomic E-state index is 15.0. The number of fused-ring (bicyclic) bond motifs is 4. The number of benzene rings is 2. The molecule has 85 heavy (non-hydrogen) atoms. The molecule has 9 atom stereocenters. The second kappa shape index (κ2) is 30.4. The summed E-state index contributed by atoms with van der Waals surface area (Å²) in [7, 11) is 4.08. The number of primary amides is 1. The van der Waals surface area contributed by atoms with Crippen molar-refractivity contribution in [3.05, 3.63) is 82.4 Å². The summed E-state index contributed by atoms with van der Waals surface area (Å²) in [6.45, 7) is 8.06. The molecule has 0 unspecified atom stereocenters. The number of ether oxygens (including phenoxy) is 4. The van der Waals surface area contributed by atoms with Crippen LogP contribution in [-0.2, 0) is 55.6 Å². The molecular weight excluding hydrogens is 1140 g/mol. The highest BCUT2D eigenvalue weighted by atomic mass is 35.5. The molecule has 28 heteroatoms. The van der Waals surface area contributed by atoms with E-state index in [4.69, 9.17) is 36.3 Å². The average molecular weight is 1220 g/mol. The van der Waals surface area contributed by atoms with Crippen LogP contribution in [0.3, 0.4) is 0 Å². The number of aliphatic hydroxyl groups excluding tert-OH is 1. The molecule has 3 aliphatic heterocycles. The number of methoxy groups -OCH3 is 2. The number of carbonyl (C=O) groups excluding carboxylic acids is 9. The first-order valence-electron chi connectivity index (χ1n) is 27.5. The topological polar surface area (TPSA) is 336 Å².